The number of amides is 1. The number of halogens is 1. The van der Waals surface area contributed by atoms with Crippen LogP contribution in [0.4, 0.5) is 5.69 Å². The van der Waals surface area contributed by atoms with Crippen molar-refractivity contribution in [3.8, 4) is 0 Å². The van der Waals surface area contributed by atoms with E-state index in [2.05, 4.69) is 0 Å². The molecule has 1 aromatic rings. The van der Waals surface area contributed by atoms with Crippen LogP contribution in [0.1, 0.15) is 25.7 Å². The lowest BCUT2D eigenvalue weighted by Crippen LogP contribution is -2.26. The minimum absolute atomic E-state index is 0.160. The molecular weight excluding hydrogens is 234 g/mol. The van der Waals surface area contributed by atoms with Gasteiger partial charge in [0.05, 0.1) is 10.7 Å². The van der Waals surface area contributed by atoms with Crippen LogP contribution in [0.15, 0.2) is 35.4 Å². The molecular formula is C14H14ClNO. The van der Waals surface area contributed by atoms with E-state index in [0.717, 1.165) is 37.1 Å². The van der Waals surface area contributed by atoms with Crippen molar-refractivity contribution in [2.24, 2.45) is 0 Å². The van der Waals surface area contributed by atoms with Gasteiger partial charge in [0, 0.05) is 12.1 Å². The first-order valence-electron chi connectivity index (χ1n) is 6.04. The molecule has 0 spiro atoms. The van der Waals surface area contributed by atoms with Crippen molar-refractivity contribution in [1.29, 1.82) is 0 Å². The van der Waals surface area contributed by atoms with Gasteiger partial charge in [-0.15, -0.1) is 0 Å². The van der Waals surface area contributed by atoms with Gasteiger partial charge in [-0.1, -0.05) is 23.7 Å². The fraction of sp³-hybridized carbons (Fsp3) is 0.357. The third kappa shape index (κ3) is 1.77. The standard InChI is InChI=1S/C14H14ClNO/c15-12-7-3-4-8-13(12)16-9-10-5-1-2-6-11(10)14(16)17/h3-4,7-8H,1-2,5-6,9H2. The van der Waals surface area contributed by atoms with E-state index in [0.29, 0.717) is 5.02 Å². The second-order valence-corrected chi connectivity index (χ2v) is 5.04. The van der Waals surface area contributed by atoms with E-state index in [1.54, 1.807) is 0 Å². The summed E-state index contributed by atoms with van der Waals surface area (Å²) in [4.78, 5) is 14.1. The van der Waals surface area contributed by atoms with Crippen molar-refractivity contribution in [3.63, 3.8) is 0 Å². The van der Waals surface area contributed by atoms with Crippen LogP contribution in [0.3, 0.4) is 0 Å². The molecule has 17 heavy (non-hydrogen) atoms. The first kappa shape index (κ1) is 10.8. The first-order valence-corrected chi connectivity index (χ1v) is 6.42. The number of carbonyl (C=O) groups is 1. The Labute approximate surface area is 106 Å². The number of benzene rings is 1. The fourth-order valence-corrected chi connectivity index (χ4v) is 2.93. The molecule has 2 nitrogen and oxygen atoms in total. The number of hydrogen-bond acceptors (Lipinski definition) is 1. The summed E-state index contributed by atoms with van der Waals surface area (Å²) < 4.78 is 0. The van der Waals surface area contributed by atoms with Gasteiger partial charge in [-0.2, -0.15) is 0 Å². The van der Waals surface area contributed by atoms with Gasteiger partial charge in [0.15, 0.2) is 0 Å². The minimum Gasteiger partial charge on any atom is -0.303 e. The lowest BCUT2D eigenvalue weighted by atomic mass is 9.94. The van der Waals surface area contributed by atoms with Gasteiger partial charge in [-0.3, -0.25) is 4.79 Å². The van der Waals surface area contributed by atoms with E-state index in [9.17, 15) is 4.79 Å². The number of carbonyl (C=O) groups excluding carboxylic acids is 1. The molecule has 0 aromatic heterocycles. The van der Waals surface area contributed by atoms with Crippen molar-refractivity contribution in [1.82, 2.24) is 0 Å². The molecule has 0 fully saturated rings. The van der Waals surface area contributed by atoms with Crippen LogP contribution in [-0.2, 0) is 4.79 Å². The van der Waals surface area contributed by atoms with Gasteiger partial charge in [0.2, 0.25) is 0 Å². The third-order valence-electron chi connectivity index (χ3n) is 3.58. The SMILES string of the molecule is O=C1C2=C(CCCC2)CN1c1ccccc1Cl. The summed E-state index contributed by atoms with van der Waals surface area (Å²) in [6.45, 7) is 0.734. The highest BCUT2D eigenvalue weighted by atomic mass is 35.5. The molecule has 0 radical (unpaired) electrons. The summed E-state index contributed by atoms with van der Waals surface area (Å²) in [5.41, 5.74) is 3.20. The van der Waals surface area contributed by atoms with Gasteiger partial charge >= 0.3 is 0 Å². The van der Waals surface area contributed by atoms with E-state index in [1.165, 1.54) is 12.0 Å². The van der Waals surface area contributed by atoms with Gasteiger partial charge in [0.25, 0.3) is 5.91 Å². The zero-order valence-corrected chi connectivity index (χ0v) is 10.3. The van der Waals surface area contributed by atoms with Crippen molar-refractivity contribution in [3.05, 3.63) is 40.4 Å². The smallest absolute Gasteiger partial charge is 0.254 e. The van der Waals surface area contributed by atoms with E-state index >= 15 is 0 Å². The lowest BCUT2D eigenvalue weighted by Gasteiger charge is -2.18. The molecule has 1 aliphatic heterocycles. The maximum Gasteiger partial charge on any atom is 0.254 e. The molecule has 0 bridgehead atoms. The summed E-state index contributed by atoms with van der Waals surface area (Å²) in [6, 6.07) is 7.56. The van der Waals surface area contributed by atoms with Crippen LogP contribution in [0.25, 0.3) is 0 Å². The Bertz CT molecular complexity index is 507. The second-order valence-electron chi connectivity index (χ2n) is 4.63. The van der Waals surface area contributed by atoms with Crippen molar-refractivity contribution in [2.45, 2.75) is 25.7 Å². The molecule has 1 aromatic carbocycles. The molecule has 2 aliphatic rings. The topological polar surface area (TPSA) is 20.3 Å². The van der Waals surface area contributed by atoms with Crippen LogP contribution >= 0.6 is 11.6 Å². The number of nitrogens with zero attached hydrogens (tertiary/aromatic N) is 1. The zero-order chi connectivity index (χ0) is 11.8. The average molecular weight is 248 g/mol. The van der Waals surface area contributed by atoms with Crippen LogP contribution in [0.5, 0.6) is 0 Å². The maximum atomic E-state index is 12.3. The van der Waals surface area contributed by atoms with Crippen LogP contribution < -0.4 is 4.90 Å². The Morgan fingerprint density at radius 1 is 1.12 bits per heavy atom. The quantitative estimate of drug-likeness (QED) is 0.743. The van der Waals surface area contributed by atoms with Gasteiger partial charge in [0.1, 0.15) is 0 Å². The lowest BCUT2D eigenvalue weighted by molar-refractivity contribution is -0.114. The largest absolute Gasteiger partial charge is 0.303 e. The number of para-hydroxylation sites is 1. The molecule has 0 unspecified atom stereocenters. The second kappa shape index (κ2) is 4.19. The molecule has 0 N–H and O–H groups in total. The first-order chi connectivity index (χ1) is 8.27. The van der Waals surface area contributed by atoms with Gasteiger partial charge < -0.3 is 4.90 Å². The summed E-state index contributed by atoms with van der Waals surface area (Å²) in [5, 5.41) is 0.653. The molecule has 3 heteroatoms. The minimum atomic E-state index is 0.160. The Hall–Kier alpha value is -1.28. The average Bonchev–Trinajstić information content (AvgIpc) is 2.68. The third-order valence-corrected chi connectivity index (χ3v) is 3.90. The Morgan fingerprint density at radius 3 is 2.65 bits per heavy atom. The summed E-state index contributed by atoms with van der Waals surface area (Å²) in [6.07, 6.45) is 4.36. The van der Waals surface area contributed by atoms with E-state index in [-0.39, 0.29) is 5.91 Å². The molecule has 0 atom stereocenters. The van der Waals surface area contributed by atoms with Crippen molar-refractivity contribution >= 4 is 23.2 Å². The maximum absolute atomic E-state index is 12.3. The van der Waals surface area contributed by atoms with Crippen molar-refractivity contribution < 1.29 is 4.79 Å². The van der Waals surface area contributed by atoms with Crippen LogP contribution in [0, 0.1) is 0 Å². The van der Waals surface area contributed by atoms with Crippen LogP contribution in [0.2, 0.25) is 5.02 Å². The predicted molar refractivity (Wildman–Crippen MR) is 69.3 cm³/mol. The number of anilines is 1. The summed E-state index contributed by atoms with van der Waals surface area (Å²) >= 11 is 6.15. The zero-order valence-electron chi connectivity index (χ0n) is 9.58. The molecule has 88 valence electrons. The number of rotatable bonds is 1. The van der Waals surface area contributed by atoms with E-state index in [1.807, 2.05) is 29.2 Å². The Morgan fingerprint density at radius 2 is 1.88 bits per heavy atom. The van der Waals surface area contributed by atoms with Crippen LogP contribution in [-0.4, -0.2) is 12.5 Å². The molecule has 0 saturated carbocycles. The van der Waals surface area contributed by atoms with E-state index < -0.39 is 0 Å². The Balaban J connectivity index is 1.94. The fourth-order valence-electron chi connectivity index (χ4n) is 2.69. The molecule has 1 amide bonds. The predicted octanol–water partition coefficient (Wildman–Crippen LogP) is 3.56. The highest BCUT2D eigenvalue weighted by molar-refractivity contribution is 6.34. The molecule has 3 rings (SSSR count). The highest BCUT2D eigenvalue weighted by Gasteiger charge is 2.32. The molecule has 1 heterocycles. The summed E-state index contributed by atoms with van der Waals surface area (Å²) in [7, 11) is 0. The van der Waals surface area contributed by atoms with Gasteiger partial charge in [-0.25, -0.2) is 0 Å². The van der Waals surface area contributed by atoms with Crippen molar-refractivity contribution in [2.75, 3.05) is 11.4 Å². The van der Waals surface area contributed by atoms with E-state index in [4.69, 9.17) is 11.6 Å². The molecule has 0 saturated heterocycles. The highest BCUT2D eigenvalue weighted by Crippen LogP contribution is 2.36. The summed E-state index contributed by atoms with van der Waals surface area (Å²) in [5.74, 6) is 0.160. The molecule has 1 aliphatic carbocycles. The number of hydrogen-bond donors (Lipinski definition) is 0. The Kier molecular flexibility index (Phi) is 2.67. The van der Waals surface area contributed by atoms with Gasteiger partial charge in [-0.05, 0) is 43.4 Å². The monoisotopic (exact) mass is 247 g/mol. The normalized spacial score (nSPS) is 19.8.